The van der Waals surface area contributed by atoms with E-state index >= 15 is 0 Å². The molecule has 0 N–H and O–H groups in total. The molecule has 0 bridgehead atoms. The molecule has 0 amide bonds. The van der Waals surface area contributed by atoms with E-state index in [0.717, 1.165) is 18.1 Å². The molecule has 0 saturated heterocycles. The van der Waals surface area contributed by atoms with E-state index in [-0.39, 0.29) is 5.54 Å². The van der Waals surface area contributed by atoms with Crippen LogP contribution in [0.25, 0.3) is 0 Å². The van der Waals surface area contributed by atoms with Crippen molar-refractivity contribution in [3.05, 3.63) is 23.8 Å². The Bertz CT molecular complexity index is 440. The average Bonchev–Trinajstić information content (AvgIpc) is 2.86. The number of amidine groups is 2. The molecule has 0 aromatic carbocycles. The van der Waals surface area contributed by atoms with Crippen LogP contribution in [-0.4, -0.2) is 36.2 Å². The van der Waals surface area contributed by atoms with Gasteiger partial charge in [-0.05, 0) is 13.3 Å². The fourth-order valence-electron chi connectivity index (χ4n) is 2.57. The second-order valence-electron chi connectivity index (χ2n) is 4.69. The SMILES string of the molecule is CC1=NC23CC2C=CC=C3C(N(C)C)=N1. The van der Waals surface area contributed by atoms with Crippen LogP contribution < -0.4 is 0 Å². The van der Waals surface area contributed by atoms with Crippen molar-refractivity contribution in [3.63, 3.8) is 0 Å². The predicted octanol–water partition coefficient (Wildman–Crippen LogP) is 1.63. The second-order valence-corrected chi connectivity index (χ2v) is 4.69. The highest BCUT2D eigenvalue weighted by atomic mass is 15.2. The quantitative estimate of drug-likeness (QED) is 0.585. The van der Waals surface area contributed by atoms with Crippen LogP contribution in [0.3, 0.4) is 0 Å². The van der Waals surface area contributed by atoms with E-state index in [2.05, 4.69) is 28.1 Å². The van der Waals surface area contributed by atoms with Crippen molar-refractivity contribution in [2.75, 3.05) is 14.1 Å². The molecule has 0 aromatic heterocycles. The lowest BCUT2D eigenvalue weighted by molar-refractivity contribution is 0.603. The Morgan fingerprint density at radius 1 is 1.47 bits per heavy atom. The Hall–Kier alpha value is -1.38. The Labute approximate surface area is 89.9 Å². The molecule has 1 saturated carbocycles. The maximum atomic E-state index is 4.73. The van der Waals surface area contributed by atoms with Crippen molar-refractivity contribution < 1.29 is 0 Å². The number of allylic oxidation sites excluding steroid dienone is 2. The van der Waals surface area contributed by atoms with E-state index in [4.69, 9.17) is 4.99 Å². The van der Waals surface area contributed by atoms with Gasteiger partial charge < -0.3 is 4.90 Å². The average molecular weight is 201 g/mol. The molecule has 78 valence electrons. The lowest BCUT2D eigenvalue weighted by Crippen LogP contribution is -2.35. The van der Waals surface area contributed by atoms with Crippen LogP contribution in [0, 0.1) is 5.92 Å². The molecule has 2 aliphatic carbocycles. The van der Waals surface area contributed by atoms with Crippen molar-refractivity contribution in [1.29, 1.82) is 0 Å². The van der Waals surface area contributed by atoms with Gasteiger partial charge in [-0.1, -0.05) is 18.2 Å². The van der Waals surface area contributed by atoms with Gasteiger partial charge in [0.25, 0.3) is 0 Å². The summed E-state index contributed by atoms with van der Waals surface area (Å²) in [6.45, 7) is 1.99. The second kappa shape index (κ2) is 2.60. The third kappa shape index (κ3) is 1.06. The third-order valence-electron chi connectivity index (χ3n) is 3.35. The minimum absolute atomic E-state index is 0.0557. The zero-order valence-electron chi connectivity index (χ0n) is 9.36. The van der Waals surface area contributed by atoms with Crippen LogP contribution in [-0.2, 0) is 0 Å². The predicted molar refractivity (Wildman–Crippen MR) is 62.3 cm³/mol. The van der Waals surface area contributed by atoms with E-state index < -0.39 is 0 Å². The monoisotopic (exact) mass is 201 g/mol. The summed E-state index contributed by atoms with van der Waals surface area (Å²) in [5.41, 5.74) is 1.35. The van der Waals surface area contributed by atoms with Crippen molar-refractivity contribution in [2.45, 2.75) is 18.9 Å². The summed E-state index contributed by atoms with van der Waals surface area (Å²) in [4.78, 5) is 11.3. The van der Waals surface area contributed by atoms with Gasteiger partial charge >= 0.3 is 0 Å². The molecule has 1 heterocycles. The maximum Gasteiger partial charge on any atom is 0.135 e. The largest absolute Gasteiger partial charge is 0.362 e. The standard InChI is InChI=1S/C12H15N3/c1-8-13-11(15(2)3)10-6-4-5-9-7-12(9,10)14-8/h4-6,9H,7H2,1-3H3. The van der Waals surface area contributed by atoms with Gasteiger partial charge in [0.15, 0.2) is 0 Å². The number of likely N-dealkylation sites (N-methyl/N-ethyl adjacent to an activating group) is 1. The van der Waals surface area contributed by atoms with Gasteiger partial charge in [-0.15, -0.1) is 0 Å². The molecular weight excluding hydrogens is 186 g/mol. The number of hydrogen-bond acceptors (Lipinski definition) is 3. The highest BCUT2D eigenvalue weighted by molar-refractivity contribution is 6.10. The molecule has 3 heteroatoms. The normalized spacial score (nSPS) is 35.9. The highest BCUT2D eigenvalue weighted by Crippen LogP contribution is 2.56. The zero-order chi connectivity index (χ0) is 10.6. The summed E-state index contributed by atoms with van der Waals surface area (Å²) in [6.07, 6.45) is 7.72. The summed E-state index contributed by atoms with van der Waals surface area (Å²) in [5.74, 6) is 2.60. The molecule has 1 aliphatic heterocycles. The summed E-state index contributed by atoms with van der Waals surface area (Å²) < 4.78 is 0. The van der Waals surface area contributed by atoms with E-state index in [1.165, 1.54) is 5.57 Å². The first-order valence-corrected chi connectivity index (χ1v) is 5.35. The summed E-state index contributed by atoms with van der Waals surface area (Å²) >= 11 is 0. The fraction of sp³-hybridized carbons (Fsp3) is 0.500. The molecule has 3 rings (SSSR count). The first kappa shape index (κ1) is 8.89. The van der Waals surface area contributed by atoms with Crippen molar-refractivity contribution in [3.8, 4) is 0 Å². The fourth-order valence-corrected chi connectivity index (χ4v) is 2.57. The van der Waals surface area contributed by atoms with Gasteiger partial charge in [0.05, 0.1) is 5.54 Å². The van der Waals surface area contributed by atoms with Gasteiger partial charge in [-0.3, -0.25) is 4.99 Å². The third-order valence-corrected chi connectivity index (χ3v) is 3.35. The van der Waals surface area contributed by atoms with E-state index in [0.29, 0.717) is 5.92 Å². The van der Waals surface area contributed by atoms with Gasteiger partial charge in [0.1, 0.15) is 11.7 Å². The Kier molecular flexibility index (Phi) is 1.54. The Morgan fingerprint density at radius 2 is 2.27 bits per heavy atom. The van der Waals surface area contributed by atoms with Gasteiger partial charge in [-0.2, -0.15) is 0 Å². The smallest absolute Gasteiger partial charge is 0.135 e. The van der Waals surface area contributed by atoms with Gasteiger partial charge in [-0.25, -0.2) is 4.99 Å². The topological polar surface area (TPSA) is 28.0 Å². The molecule has 2 unspecified atom stereocenters. The molecule has 1 fully saturated rings. The zero-order valence-corrected chi connectivity index (χ0v) is 9.36. The first-order valence-electron chi connectivity index (χ1n) is 5.35. The summed E-state index contributed by atoms with van der Waals surface area (Å²) in [6, 6.07) is 0. The lowest BCUT2D eigenvalue weighted by atomic mass is 9.95. The van der Waals surface area contributed by atoms with Crippen LogP contribution in [0.15, 0.2) is 33.8 Å². The van der Waals surface area contributed by atoms with E-state index in [1.54, 1.807) is 0 Å². The summed E-state index contributed by atoms with van der Waals surface area (Å²) in [7, 11) is 4.09. The minimum Gasteiger partial charge on any atom is -0.362 e. The van der Waals surface area contributed by atoms with Crippen molar-refractivity contribution in [1.82, 2.24) is 4.90 Å². The van der Waals surface area contributed by atoms with Crippen LogP contribution in [0.2, 0.25) is 0 Å². The van der Waals surface area contributed by atoms with Gasteiger partial charge in [0, 0.05) is 25.6 Å². The van der Waals surface area contributed by atoms with Crippen LogP contribution in [0.5, 0.6) is 0 Å². The Morgan fingerprint density at radius 3 is 3.00 bits per heavy atom. The molecule has 0 aromatic rings. The Balaban J connectivity index is 2.13. The summed E-state index contributed by atoms with van der Waals surface area (Å²) in [5, 5.41) is 0. The van der Waals surface area contributed by atoms with E-state index in [9.17, 15) is 0 Å². The molecule has 3 nitrogen and oxygen atoms in total. The number of rotatable bonds is 0. The van der Waals surface area contributed by atoms with Crippen LogP contribution in [0.4, 0.5) is 0 Å². The van der Waals surface area contributed by atoms with E-state index in [1.807, 2.05) is 21.0 Å². The molecule has 1 spiro atoms. The molecule has 0 radical (unpaired) electrons. The number of nitrogens with zero attached hydrogens (tertiary/aromatic N) is 3. The molecule has 2 atom stereocenters. The van der Waals surface area contributed by atoms with Crippen LogP contribution in [0.1, 0.15) is 13.3 Å². The highest BCUT2D eigenvalue weighted by Gasteiger charge is 2.59. The van der Waals surface area contributed by atoms with Crippen molar-refractivity contribution >= 4 is 11.7 Å². The lowest BCUT2D eigenvalue weighted by Gasteiger charge is -2.28. The number of aliphatic imine (C=N–C) groups is 2. The molecule has 3 aliphatic rings. The number of hydrogen-bond donors (Lipinski definition) is 0. The van der Waals surface area contributed by atoms with Gasteiger partial charge in [0.2, 0.25) is 0 Å². The first-order chi connectivity index (χ1) is 7.13. The van der Waals surface area contributed by atoms with Crippen LogP contribution >= 0.6 is 0 Å². The minimum atomic E-state index is 0.0557. The maximum absolute atomic E-state index is 4.73. The molecular formula is C12H15N3. The van der Waals surface area contributed by atoms with Crippen molar-refractivity contribution in [2.24, 2.45) is 15.9 Å². The molecule has 15 heavy (non-hydrogen) atoms.